The zero-order valence-corrected chi connectivity index (χ0v) is 9.16. The number of aromatic nitrogens is 3. The van der Waals surface area contributed by atoms with Gasteiger partial charge in [0.15, 0.2) is 0 Å². The fourth-order valence-electron chi connectivity index (χ4n) is 1.99. The number of hydrogen-bond donors (Lipinski definition) is 1. The average molecular weight is 247 g/mol. The summed E-state index contributed by atoms with van der Waals surface area (Å²) in [4.78, 5) is 11.6. The molecular weight excluding hydrogens is 239 g/mol. The van der Waals surface area contributed by atoms with Crippen LogP contribution < -0.4 is 5.32 Å². The Bertz CT molecular complexity index is 372. The van der Waals surface area contributed by atoms with Gasteiger partial charge >= 0.3 is 0 Å². The number of nitrogens with zero attached hydrogens (tertiary/aromatic N) is 3. The first kappa shape index (κ1) is 9.57. The van der Waals surface area contributed by atoms with Gasteiger partial charge in [0.2, 0.25) is 16.5 Å². The van der Waals surface area contributed by atoms with Crippen molar-refractivity contribution in [3.63, 3.8) is 0 Å². The predicted octanol–water partition coefficient (Wildman–Crippen LogP) is 1.24. The van der Waals surface area contributed by atoms with Gasteiger partial charge < -0.3 is 10.1 Å². The molecule has 1 saturated heterocycles. The number of rotatable bonds is 2. The third kappa shape index (κ3) is 1.75. The Labute approximate surface area is 96.2 Å². The van der Waals surface area contributed by atoms with Crippen LogP contribution in [0.4, 0.5) is 5.95 Å². The molecule has 1 aromatic heterocycles. The topological polar surface area (TPSA) is 59.9 Å². The quantitative estimate of drug-likeness (QED) is 0.851. The number of halogens is 2. The summed E-state index contributed by atoms with van der Waals surface area (Å²) >= 11 is 11.3. The highest BCUT2D eigenvalue weighted by Gasteiger charge is 2.54. The zero-order valence-electron chi connectivity index (χ0n) is 7.65. The molecule has 1 aromatic rings. The third-order valence-electron chi connectivity index (χ3n) is 2.83. The van der Waals surface area contributed by atoms with Gasteiger partial charge in [-0.2, -0.15) is 15.0 Å². The Morgan fingerprint density at radius 1 is 1.07 bits per heavy atom. The summed E-state index contributed by atoms with van der Waals surface area (Å²) in [5.41, 5.74) is 0. The lowest BCUT2D eigenvalue weighted by Gasteiger charge is -2.06. The van der Waals surface area contributed by atoms with Crippen LogP contribution in [0.2, 0.25) is 10.6 Å². The minimum Gasteiger partial charge on any atom is -0.381 e. The third-order valence-corrected chi connectivity index (χ3v) is 3.17. The Hall–Kier alpha value is -0.650. The summed E-state index contributed by atoms with van der Waals surface area (Å²) in [5.74, 6) is 1.61. The molecule has 7 heteroatoms. The van der Waals surface area contributed by atoms with Crippen LogP contribution in [0, 0.1) is 11.8 Å². The normalized spacial score (nSPS) is 32.5. The van der Waals surface area contributed by atoms with E-state index in [9.17, 15) is 0 Å². The number of fused-ring (bicyclic) bond motifs is 1. The van der Waals surface area contributed by atoms with E-state index in [1.807, 2.05) is 0 Å². The molecule has 0 amide bonds. The molecule has 0 spiro atoms. The lowest BCUT2D eigenvalue weighted by atomic mass is 10.4. The summed E-state index contributed by atoms with van der Waals surface area (Å²) in [5, 5.41) is 3.41. The van der Waals surface area contributed by atoms with Crippen molar-refractivity contribution in [2.75, 3.05) is 18.5 Å². The molecule has 5 nitrogen and oxygen atoms in total. The molecule has 0 radical (unpaired) electrons. The van der Waals surface area contributed by atoms with Crippen molar-refractivity contribution < 1.29 is 4.74 Å². The number of nitrogens with one attached hydrogen (secondary N) is 1. The molecule has 1 aliphatic heterocycles. The van der Waals surface area contributed by atoms with E-state index >= 15 is 0 Å². The first-order valence-electron chi connectivity index (χ1n) is 4.65. The molecule has 80 valence electrons. The molecule has 2 aliphatic rings. The maximum atomic E-state index is 5.66. The highest BCUT2D eigenvalue weighted by molar-refractivity contribution is 6.31. The second kappa shape index (κ2) is 3.43. The van der Waals surface area contributed by atoms with E-state index in [0.717, 1.165) is 13.2 Å². The Morgan fingerprint density at radius 3 is 2.27 bits per heavy atom. The van der Waals surface area contributed by atoms with E-state index < -0.39 is 0 Å². The molecule has 0 bridgehead atoms. The fraction of sp³-hybridized carbons (Fsp3) is 0.625. The first-order chi connectivity index (χ1) is 7.24. The molecule has 0 aromatic carbocycles. The second-order valence-electron chi connectivity index (χ2n) is 3.73. The smallest absolute Gasteiger partial charge is 0.228 e. The van der Waals surface area contributed by atoms with E-state index in [0.29, 0.717) is 23.8 Å². The monoisotopic (exact) mass is 246 g/mol. The predicted molar refractivity (Wildman–Crippen MR) is 55.1 cm³/mol. The van der Waals surface area contributed by atoms with Gasteiger partial charge in [-0.3, -0.25) is 0 Å². The van der Waals surface area contributed by atoms with Gasteiger partial charge in [-0.15, -0.1) is 0 Å². The van der Waals surface area contributed by atoms with Crippen molar-refractivity contribution in [1.29, 1.82) is 0 Å². The second-order valence-corrected chi connectivity index (χ2v) is 4.41. The summed E-state index contributed by atoms with van der Waals surface area (Å²) in [6.07, 6.45) is 0. The van der Waals surface area contributed by atoms with E-state index in [1.54, 1.807) is 0 Å². The van der Waals surface area contributed by atoms with E-state index in [2.05, 4.69) is 20.3 Å². The molecule has 2 heterocycles. The molecule has 3 atom stereocenters. The Morgan fingerprint density at radius 2 is 1.67 bits per heavy atom. The number of hydrogen-bond acceptors (Lipinski definition) is 5. The zero-order chi connectivity index (χ0) is 10.4. The summed E-state index contributed by atoms with van der Waals surface area (Å²) in [6, 6.07) is 0.397. The standard InChI is InChI=1S/C8H8Cl2N4O/c9-6-12-7(10)14-8(13-6)11-5-3-1-15-2-4(3)5/h3-5H,1-2H2,(H,11,12,13,14)/t3-,4+,5?. The largest absolute Gasteiger partial charge is 0.381 e. The number of ether oxygens (including phenoxy) is 1. The van der Waals surface area contributed by atoms with Crippen LogP contribution >= 0.6 is 23.2 Å². The van der Waals surface area contributed by atoms with Crippen molar-refractivity contribution in [2.24, 2.45) is 11.8 Å². The van der Waals surface area contributed by atoms with E-state index in [4.69, 9.17) is 27.9 Å². The highest BCUT2D eigenvalue weighted by Crippen LogP contribution is 2.45. The van der Waals surface area contributed by atoms with Gasteiger partial charge in [-0.05, 0) is 23.2 Å². The van der Waals surface area contributed by atoms with Gasteiger partial charge in [-0.25, -0.2) is 0 Å². The Kier molecular flexibility index (Phi) is 2.19. The van der Waals surface area contributed by atoms with E-state index in [-0.39, 0.29) is 10.6 Å². The van der Waals surface area contributed by atoms with Crippen molar-refractivity contribution in [2.45, 2.75) is 6.04 Å². The molecule has 1 saturated carbocycles. The van der Waals surface area contributed by atoms with Crippen LogP contribution in [0.3, 0.4) is 0 Å². The van der Waals surface area contributed by atoms with Crippen LogP contribution in [0.5, 0.6) is 0 Å². The SMILES string of the molecule is Clc1nc(Cl)nc(NC2[C@H]3COC[C@@H]23)n1. The molecular formula is C8H8Cl2N4O. The van der Waals surface area contributed by atoms with E-state index in [1.165, 1.54) is 0 Å². The summed E-state index contributed by atoms with van der Waals surface area (Å²) in [6.45, 7) is 1.63. The minimum absolute atomic E-state index is 0.111. The van der Waals surface area contributed by atoms with Crippen LogP contribution in [0.15, 0.2) is 0 Å². The van der Waals surface area contributed by atoms with Gasteiger partial charge in [0.1, 0.15) is 0 Å². The van der Waals surface area contributed by atoms with Crippen molar-refractivity contribution in [3.05, 3.63) is 10.6 Å². The fourth-order valence-corrected chi connectivity index (χ4v) is 2.36. The maximum absolute atomic E-state index is 5.66. The molecule has 1 N–H and O–H groups in total. The van der Waals surface area contributed by atoms with Crippen LogP contribution in [0.1, 0.15) is 0 Å². The van der Waals surface area contributed by atoms with Gasteiger partial charge in [-0.1, -0.05) is 0 Å². The highest BCUT2D eigenvalue weighted by atomic mass is 35.5. The first-order valence-corrected chi connectivity index (χ1v) is 5.41. The lowest BCUT2D eigenvalue weighted by molar-refractivity contribution is 0.162. The van der Waals surface area contributed by atoms with Gasteiger partial charge in [0.25, 0.3) is 0 Å². The maximum Gasteiger partial charge on any atom is 0.228 e. The van der Waals surface area contributed by atoms with Crippen molar-refractivity contribution in [1.82, 2.24) is 15.0 Å². The number of anilines is 1. The van der Waals surface area contributed by atoms with Gasteiger partial charge in [0.05, 0.1) is 13.2 Å². The van der Waals surface area contributed by atoms with Crippen molar-refractivity contribution in [3.8, 4) is 0 Å². The summed E-state index contributed by atoms with van der Waals surface area (Å²) < 4.78 is 5.28. The van der Waals surface area contributed by atoms with Crippen LogP contribution in [0.25, 0.3) is 0 Å². The molecule has 15 heavy (non-hydrogen) atoms. The van der Waals surface area contributed by atoms with Crippen LogP contribution in [-0.4, -0.2) is 34.2 Å². The van der Waals surface area contributed by atoms with Crippen LogP contribution in [-0.2, 0) is 4.74 Å². The molecule has 2 fully saturated rings. The lowest BCUT2D eigenvalue weighted by Crippen LogP contribution is -2.15. The van der Waals surface area contributed by atoms with Gasteiger partial charge in [0, 0.05) is 17.9 Å². The minimum atomic E-state index is 0.111. The average Bonchev–Trinajstić information content (AvgIpc) is 2.60. The summed E-state index contributed by atoms with van der Waals surface area (Å²) in [7, 11) is 0. The van der Waals surface area contributed by atoms with Crippen molar-refractivity contribution >= 4 is 29.2 Å². The molecule has 3 rings (SSSR count). The molecule has 1 unspecified atom stereocenters. The Balaban J connectivity index is 1.72. The molecule has 1 aliphatic carbocycles.